The van der Waals surface area contributed by atoms with E-state index in [1.54, 1.807) is 0 Å². The fourth-order valence-corrected chi connectivity index (χ4v) is 2.97. The number of fused-ring (bicyclic) bond motifs is 1. The van der Waals surface area contributed by atoms with E-state index in [9.17, 15) is 0 Å². The molecular weight excluding hydrogens is 314 g/mol. The van der Waals surface area contributed by atoms with E-state index in [4.69, 9.17) is 5.73 Å². The smallest absolute Gasteiger partial charge is 0.205 e. The number of nitrogens with zero attached hydrogens (tertiary/aromatic N) is 2. The predicted molar refractivity (Wildman–Crippen MR) is 87.3 cm³/mol. The van der Waals surface area contributed by atoms with Gasteiger partial charge in [-0.15, -0.1) is 0 Å². The summed E-state index contributed by atoms with van der Waals surface area (Å²) in [7, 11) is 0. The molecule has 20 heavy (non-hydrogen) atoms. The molecule has 0 spiro atoms. The van der Waals surface area contributed by atoms with Crippen molar-refractivity contribution in [1.29, 1.82) is 0 Å². The van der Waals surface area contributed by atoms with Gasteiger partial charge >= 0.3 is 0 Å². The number of halogens is 1. The minimum Gasteiger partial charge on any atom is -0.369 e. The van der Waals surface area contributed by atoms with Gasteiger partial charge in [0.25, 0.3) is 0 Å². The Bertz CT molecular complexity index is 790. The molecule has 3 aromatic rings. The SMILES string of the molecule is CCc1cc(Br)ccc1-n1c(N)nc2c(C)cccc21. The third-order valence-electron chi connectivity index (χ3n) is 3.58. The largest absolute Gasteiger partial charge is 0.369 e. The van der Waals surface area contributed by atoms with Crippen LogP contribution in [-0.2, 0) is 6.42 Å². The number of nitrogen functional groups attached to an aromatic ring is 1. The Morgan fingerprint density at radius 1 is 1.25 bits per heavy atom. The minimum absolute atomic E-state index is 0.534. The van der Waals surface area contributed by atoms with Crippen molar-refractivity contribution < 1.29 is 0 Å². The second kappa shape index (κ2) is 4.94. The number of rotatable bonds is 2. The molecule has 102 valence electrons. The van der Waals surface area contributed by atoms with Gasteiger partial charge in [-0.05, 0) is 48.7 Å². The van der Waals surface area contributed by atoms with Crippen LogP contribution in [-0.4, -0.2) is 9.55 Å². The second-order valence-electron chi connectivity index (χ2n) is 4.87. The molecule has 0 radical (unpaired) electrons. The number of aromatic nitrogens is 2. The normalized spacial score (nSPS) is 11.2. The molecule has 0 amide bonds. The Labute approximate surface area is 126 Å². The molecule has 0 bridgehead atoms. The third-order valence-corrected chi connectivity index (χ3v) is 4.07. The van der Waals surface area contributed by atoms with E-state index < -0.39 is 0 Å². The van der Waals surface area contributed by atoms with Gasteiger partial charge < -0.3 is 5.73 Å². The molecule has 4 heteroatoms. The second-order valence-corrected chi connectivity index (χ2v) is 5.79. The van der Waals surface area contributed by atoms with Gasteiger partial charge in [-0.25, -0.2) is 4.98 Å². The molecule has 2 aromatic carbocycles. The number of anilines is 1. The number of hydrogen-bond donors (Lipinski definition) is 1. The number of benzene rings is 2. The number of nitrogens with two attached hydrogens (primary N) is 1. The van der Waals surface area contributed by atoms with E-state index in [-0.39, 0.29) is 0 Å². The molecule has 0 unspecified atom stereocenters. The highest BCUT2D eigenvalue weighted by Crippen LogP contribution is 2.28. The highest BCUT2D eigenvalue weighted by atomic mass is 79.9. The lowest BCUT2D eigenvalue weighted by atomic mass is 10.1. The summed E-state index contributed by atoms with van der Waals surface area (Å²) in [6.07, 6.45) is 0.944. The predicted octanol–water partition coefficient (Wildman–Crippen LogP) is 4.24. The number of hydrogen-bond acceptors (Lipinski definition) is 2. The summed E-state index contributed by atoms with van der Waals surface area (Å²) in [6.45, 7) is 4.20. The lowest BCUT2D eigenvalue weighted by molar-refractivity contribution is 1.04. The third kappa shape index (κ3) is 2.00. The van der Waals surface area contributed by atoms with Crippen molar-refractivity contribution in [3.63, 3.8) is 0 Å². The Kier molecular flexibility index (Phi) is 3.26. The fourth-order valence-electron chi connectivity index (χ4n) is 2.57. The topological polar surface area (TPSA) is 43.8 Å². The molecule has 3 rings (SSSR count). The van der Waals surface area contributed by atoms with Crippen LogP contribution in [0.5, 0.6) is 0 Å². The first-order valence-corrected chi connectivity index (χ1v) is 7.43. The van der Waals surface area contributed by atoms with E-state index in [1.807, 2.05) is 16.7 Å². The molecule has 1 aromatic heterocycles. The summed E-state index contributed by atoms with van der Waals surface area (Å²) in [5.74, 6) is 0.534. The van der Waals surface area contributed by atoms with Crippen LogP contribution in [0.4, 0.5) is 5.95 Å². The van der Waals surface area contributed by atoms with Crippen molar-refractivity contribution in [2.45, 2.75) is 20.3 Å². The first-order chi connectivity index (χ1) is 9.61. The summed E-state index contributed by atoms with van der Waals surface area (Å²) < 4.78 is 3.12. The minimum atomic E-state index is 0.534. The van der Waals surface area contributed by atoms with E-state index >= 15 is 0 Å². The average molecular weight is 330 g/mol. The van der Waals surface area contributed by atoms with Crippen LogP contribution < -0.4 is 5.73 Å². The Morgan fingerprint density at radius 3 is 2.80 bits per heavy atom. The highest BCUT2D eigenvalue weighted by Gasteiger charge is 2.13. The van der Waals surface area contributed by atoms with Gasteiger partial charge in [-0.2, -0.15) is 0 Å². The summed E-state index contributed by atoms with van der Waals surface area (Å²) in [6, 6.07) is 12.4. The van der Waals surface area contributed by atoms with E-state index in [0.29, 0.717) is 5.95 Å². The number of para-hydroxylation sites is 1. The van der Waals surface area contributed by atoms with Crippen molar-refractivity contribution in [3.8, 4) is 5.69 Å². The number of imidazole rings is 1. The fraction of sp³-hybridized carbons (Fsp3) is 0.188. The van der Waals surface area contributed by atoms with Crippen LogP contribution >= 0.6 is 15.9 Å². The van der Waals surface area contributed by atoms with Crippen LogP contribution in [0, 0.1) is 6.92 Å². The zero-order chi connectivity index (χ0) is 14.3. The van der Waals surface area contributed by atoms with E-state index in [1.165, 1.54) is 5.56 Å². The maximum absolute atomic E-state index is 6.16. The van der Waals surface area contributed by atoms with Gasteiger partial charge in [-0.1, -0.05) is 35.0 Å². The van der Waals surface area contributed by atoms with Gasteiger partial charge in [-0.3, -0.25) is 4.57 Å². The molecule has 0 aliphatic carbocycles. The highest BCUT2D eigenvalue weighted by molar-refractivity contribution is 9.10. The Balaban J connectivity index is 2.35. The van der Waals surface area contributed by atoms with Crippen LogP contribution in [0.15, 0.2) is 40.9 Å². The van der Waals surface area contributed by atoms with Gasteiger partial charge in [0.2, 0.25) is 5.95 Å². The van der Waals surface area contributed by atoms with Gasteiger partial charge in [0.05, 0.1) is 16.7 Å². The van der Waals surface area contributed by atoms with Crippen LogP contribution in [0.1, 0.15) is 18.1 Å². The quantitative estimate of drug-likeness (QED) is 0.764. The lowest BCUT2D eigenvalue weighted by Crippen LogP contribution is -2.03. The number of aryl methyl sites for hydroxylation is 2. The van der Waals surface area contributed by atoms with Gasteiger partial charge in [0.1, 0.15) is 0 Å². The Morgan fingerprint density at radius 2 is 2.05 bits per heavy atom. The maximum Gasteiger partial charge on any atom is 0.205 e. The molecule has 0 aliphatic heterocycles. The van der Waals surface area contributed by atoms with E-state index in [0.717, 1.165) is 33.2 Å². The van der Waals surface area contributed by atoms with Crippen LogP contribution in [0.3, 0.4) is 0 Å². The monoisotopic (exact) mass is 329 g/mol. The van der Waals surface area contributed by atoms with Gasteiger partial charge in [0, 0.05) is 4.47 Å². The molecule has 0 saturated carbocycles. The molecule has 0 saturated heterocycles. The standard InChI is InChI=1S/C16H16BrN3/c1-3-11-9-12(17)7-8-13(11)20-14-6-4-5-10(2)15(14)19-16(20)18/h4-9H,3H2,1-2H3,(H2,18,19). The summed E-state index contributed by atoms with van der Waals surface area (Å²) in [5, 5.41) is 0. The van der Waals surface area contributed by atoms with Crippen molar-refractivity contribution in [2.75, 3.05) is 5.73 Å². The molecule has 0 aliphatic rings. The molecule has 0 atom stereocenters. The first kappa shape index (κ1) is 13.2. The van der Waals surface area contributed by atoms with Crippen molar-refractivity contribution in [1.82, 2.24) is 9.55 Å². The summed E-state index contributed by atoms with van der Waals surface area (Å²) >= 11 is 3.52. The van der Waals surface area contributed by atoms with Crippen molar-refractivity contribution in [2.24, 2.45) is 0 Å². The first-order valence-electron chi connectivity index (χ1n) is 6.64. The van der Waals surface area contributed by atoms with Crippen molar-refractivity contribution >= 4 is 32.9 Å². The maximum atomic E-state index is 6.16. The zero-order valence-corrected chi connectivity index (χ0v) is 13.1. The summed E-state index contributed by atoms with van der Waals surface area (Å²) in [5.41, 5.74) is 11.7. The Hall–Kier alpha value is -1.81. The van der Waals surface area contributed by atoms with Gasteiger partial charge in [0.15, 0.2) is 0 Å². The lowest BCUT2D eigenvalue weighted by Gasteiger charge is -2.12. The molecule has 1 heterocycles. The molecule has 0 fully saturated rings. The zero-order valence-electron chi connectivity index (χ0n) is 11.5. The van der Waals surface area contributed by atoms with Crippen LogP contribution in [0.2, 0.25) is 0 Å². The molecular formula is C16H16BrN3. The molecule has 3 nitrogen and oxygen atoms in total. The van der Waals surface area contributed by atoms with Crippen molar-refractivity contribution in [3.05, 3.63) is 52.0 Å². The van der Waals surface area contributed by atoms with E-state index in [2.05, 4.69) is 59.0 Å². The molecule has 2 N–H and O–H groups in total. The average Bonchev–Trinajstić information content (AvgIpc) is 2.77. The summed E-state index contributed by atoms with van der Waals surface area (Å²) in [4.78, 5) is 4.52. The van der Waals surface area contributed by atoms with Crippen LogP contribution in [0.25, 0.3) is 16.7 Å².